The second-order valence-corrected chi connectivity index (χ2v) is 6.37. The number of phenols is 1. The Morgan fingerprint density at radius 2 is 1.81 bits per heavy atom. The highest BCUT2D eigenvalue weighted by Crippen LogP contribution is 2.34. The molecule has 0 radical (unpaired) electrons. The first kappa shape index (κ1) is 16.2. The first-order chi connectivity index (χ1) is 12.7. The van der Waals surface area contributed by atoms with E-state index in [9.17, 15) is 5.11 Å². The van der Waals surface area contributed by atoms with Crippen molar-refractivity contribution in [2.75, 3.05) is 5.32 Å². The fourth-order valence-electron chi connectivity index (χ4n) is 3.26. The average molecular weight is 343 g/mol. The Hall–Kier alpha value is -3.27. The smallest absolute Gasteiger partial charge is 0.143 e. The highest BCUT2D eigenvalue weighted by Gasteiger charge is 2.16. The standard InChI is InChI=1S/C22H21N3O/c1-3-16-8-6-7-15(2)20(16)24-22-21(17-10-12-18(26)13-11-17)23-19-9-4-5-14-25(19)22/h4-14,24,26H,3H2,1-2H3. The van der Waals surface area contributed by atoms with Crippen molar-refractivity contribution in [1.29, 1.82) is 0 Å². The van der Waals surface area contributed by atoms with Crippen LogP contribution in [-0.2, 0) is 6.42 Å². The van der Waals surface area contributed by atoms with Gasteiger partial charge in [0.15, 0.2) is 0 Å². The summed E-state index contributed by atoms with van der Waals surface area (Å²) in [6.45, 7) is 4.28. The van der Waals surface area contributed by atoms with Crippen LogP contribution in [0.1, 0.15) is 18.1 Å². The second kappa shape index (κ2) is 6.56. The number of hydrogen-bond donors (Lipinski definition) is 2. The van der Waals surface area contributed by atoms with Gasteiger partial charge in [-0.25, -0.2) is 4.98 Å². The van der Waals surface area contributed by atoms with Gasteiger partial charge in [0.2, 0.25) is 0 Å². The minimum Gasteiger partial charge on any atom is -0.508 e. The molecule has 130 valence electrons. The van der Waals surface area contributed by atoms with Gasteiger partial charge in [-0.2, -0.15) is 0 Å². The molecule has 0 atom stereocenters. The van der Waals surface area contributed by atoms with Crippen LogP contribution in [0.15, 0.2) is 66.9 Å². The van der Waals surface area contributed by atoms with E-state index < -0.39 is 0 Å². The molecule has 0 bridgehead atoms. The van der Waals surface area contributed by atoms with Crippen LogP contribution in [0.2, 0.25) is 0 Å². The van der Waals surface area contributed by atoms with E-state index in [1.807, 2.05) is 36.5 Å². The van der Waals surface area contributed by atoms with E-state index in [0.29, 0.717) is 0 Å². The number of imidazole rings is 1. The molecule has 2 N–H and O–H groups in total. The number of phenolic OH excluding ortho intramolecular Hbond substituents is 1. The third-order valence-corrected chi connectivity index (χ3v) is 4.65. The predicted octanol–water partition coefficient (Wildman–Crippen LogP) is 5.32. The molecule has 4 aromatic rings. The zero-order valence-corrected chi connectivity index (χ0v) is 14.9. The molecule has 2 aromatic heterocycles. The lowest BCUT2D eigenvalue weighted by Crippen LogP contribution is -2.01. The van der Waals surface area contributed by atoms with E-state index in [1.54, 1.807) is 12.1 Å². The first-order valence-corrected chi connectivity index (χ1v) is 8.79. The van der Waals surface area contributed by atoms with Crippen molar-refractivity contribution in [1.82, 2.24) is 9.38 Å². The van der Waals surface area contributed by atoms with E-state index >= 15 is 0 Å². The molecule has 0 saturated heterocycles. The lowest BCUT2D eigenvalue weighted by molar-refractivity contribution is 0.475. The zero-order chi connectivity index (χ0) is 18.1. The second-order valence-electron chi connectivity index (χ2n) is 6.37. The maximum atomic E-state index is 9.61. The molecule has 0 aliphatic carbocycles. The summed E-state index contributed by atoms with van der Waals surface area (Å²) in [6.07, 6.45) is 2.97. The van der Waals surface area contributed by atoms with Crippen molar-refractivity contribution in [2.45, 2.75) is 20.3 Å². The molecule has 26 heavy (non-hydrogen) atoms. The van der Waals surface area contributed by atoms with Crippen LogP contribution < -0.4 is 5.32 Å². The largest absolute Gasteiger partial charge is 0.508 e. The molecule has 4 rings (SSSR count). The normalized spacial score (nSPS) is 11.0. The Bertz CT molecular complexity index is 1060. The Morgan fingerprint density at radius 1 is 1.00 bits per heavy atom. The molecule has 0 aliphatic heterocycles. The summed E-state index contributed by atoms with van der Waals surface area (Å²) < 4.78 is 2.06. The Morgan fingerprint density at radius 3 is 2.58 bits per heavy atom. The van der Waals surface area contributed by atoms with Gasteiger partial charge >= 0.3 is 0 Å². The Kier molecular flexibility index (Phi) is 4.09. The Balaban J connectivity index is 1.91. The maximum absolute atomic E-state index is 9.61. The van der Waals surface area contributed by atoms with E-state index in [2.05, 4.69) is 41.8 Å². The molecule has 4 nitrogen and oxygen atoms in total. The number of aryl methyl sites for hydroxylation is 2. The molecule has 0 unspecified atom stereocenters. The van der Waals surface area contributed by atoms with E-state index in [4.69, 9.17) is 4.98 Å². The van der Waals surface area contributed by atoms with Crippen LogP contribution in [-0.4, -0.2) is 14.5 Å². The third kappa shape index (κ3) is 2.80. The summed E-state index contributed by atoms with van der Waals surface area (Å²) in [5.41, 5.74) is 6.30. The van der Waals surface area contributed by atoms with Gasteiger partial charge in [0.1, 0.15) is 22.9 Å². The summed E-state index contributed by atoms with van der Waals surface area (Å²) in [5.74, 6) is 1.18. The topological polar surface area (TPSA) is 49.6 Å². The Labute approximate surface area is 152 Å². The molecule has 0 aliphatic rings. The number of nitrogens with zero attached hydrogens (tertiary/aromatic N) is 2. The molecule has 0 amide bonds. The number of aromatic hydroxyl groups is 1. The van der Waals surface area contributed by atoms with Crippen molar-refractivity contribution >= 4 is 17.2 Å². The lowest BCUT2D eigenvalue weighted by Gasteiger charge is -2.15. The fraction of sp³-hybridized carbons (Fsp3) is 0.136. The highest BCUT2D eigenvalue weighted by molar-refractivity contribution is 5.81. The lowest BCUT2D eigenvalue weighted by atomic mass is 10.1. The molecular formula is C22H21N3O. The number of pyridine rings is 1. The van der Waals surface area contributed by atoms with Gasteiger partial charge < -0.3 is 10.4 Å². The summed E-state index contributed by atoms with van der Waals surface area (Å²) >= 11 is 0. The van der Waals surface area contributed by atoms with Crippen molar-refractivity contribution in [3.8, 4) is 17.0 Å². The minimum atomic E-state index is 0.249. The van der Waals surface area contributed by atoms with E-state index in [-0.39, 0.29) is 5.75 Å². The number of nitrogens with one attached hydrogen (secondary N) is 1. The van der Waals surface area contributed by atoms with Gasteiger partial charge in [-0.05, 0) is 60.9 Å². The van der Waals surface area contributed by atoms with Crippen LogP contribution in [0.5, 0.6) is 5.75 Å². The van der Waals surface area contributed by atoms with Crippen LogP contribution in [0.3, 0.4) is 0 Å². The van der Waals surface area contributed by atoms with Gasteiger partial charge in [-0.15, -0.1) is 0 Å². The SMILES string of the molecule is CCc1cccc(C)c1Nc1c(-c2ccc(O)cc2)nc2ccccn12. The average Bonchev–Trinajstić information content (AvgIpc) is 3.02. The van der Waals surface area contributed by atoms with Crippen molar-refractivity contribution in [3.63, 3.8) is 0 Å². The van der Waals surface area contributed by atoms with Gasteiger partial charge in [0.25, 0.3) is 0 Å². The molecule has 2 heterocycles. The van der Waals surface area contributed by atoms with Gasteiger partial charge in [0, 0.05) is 17.4 Å². The third-order valence-electron chi connectivity index (χ3n) is 4.65. The van der Waals surface area contributed by atoms with Crippen LogP contribution in [0, 0.1) is 6.92 Å². The van der Waals surface area contributed by atoms with E-state index in [0.717, 1.165) is 34.8 Å². The van der Waals surface area contributed by atoms with Crippen molar-refractivity contribution < 1.29 is 5.11 Å². The first-order valence-electron chi connectivity index (χ1n) is 8.79. The number of para-hydroxylation sites is 1. The van der Waals surface area contributed by atoms with Crippen molar-refractivity contribution in [3.05, 3.63) is 78.0 Å². The van der Waals surface area contributed by atoms with Crippen LogP contribution in [0.4, 0.5) is 11.5 Å². The summed E-state index contributed by atoms with van der Waals surface area (Å²) in [7, 11) is 0. The molecule has 0 spiro atoms. The molecular weight excluding hydrogens is 322 g/mol. The monoisotopic (exact) mass is 343 g/mol. The summed E-state index contributed by atoms with van der Waals surface area (Å²) in [4.78, 5) is 4.81. The summed E-state index contributed by atoms with van der Waals surface area (Å²) in [5, 5.41) is 13.2. The number of fused-ring (bicyclic) bond motifs is 1. The predicted molar refractivity (Wildman–Crippen MR) is 106 cm³/mol. The minimum absolute atomic E-state index is 0.249. The van der Waals surface area contributed by atoms with Crippen molar-refractivity contribution in [2.24, 2.45) is 0 Å². The number of rotatable bonds is 4. The highest BCUT2D eigenvalue weighted by atomic mass is 16.3. The van der Waals surface area contributed by atoms with Crippen LogP contribution >= 0.6 is 0 Å². The van der Waals surface area contributed by atoms with Gasteiger partial charge in [-0.3, -0.25) is 4.40 Å². The van der Waals surface area contributed by atoms with Gasteiger partial charge in [-0.1, -0.05) is 31.2 Å². The number of anilines is 2. The quantitative estimate of drug-likeness (QED) is 0.527. The zero-order valence-electron chi connectivity index (χ0n) is 14.9. The molecule has 2 aromatic carbocycles. The van der Waals surface area contributed by atoms with E-state index in [1.165, 1.54) is 11.1 Å². The number of hydrogen-bond acceptors (Lipinski definition) is 3. The summed E-state index contributed by atoms with van der Waals surface area (Å²) in [6, 6.07) is 19.5. The van der Waals surface area contributed by atoms with Crippen LogP contribution in [0.25, 0.3) is 16.9 Å². The molecule has 0 fully saturated rings. The van der Waals surface area contributed by atoms with Gasteiger partial charge in [0.05, 0.1) is 0 Å². The molecule has 4 heteroatoms. The number of benzene rings is 2. The maximum Gasteiger partial charge on any atom is 0.143 e. The fourth-order valence-corrected chi connectivity index (χ4v) is 3.26. The number of aromatic nitrogens is 2. The molecule has 0 saturated carbocycles.